The minimum Gasteiger partial charge on any atom is -0.493 e. The average Bonchev–Trinajstić information content (AvgIpc) is 3.10. The van der Waals surface area contributed by atoms with Crippen LogP contribution in [0.1, 0.15) is 44.5 Å². The number of ether oxygens (including phenoxy) is 2. The summed E-state index contributed by atoms with van der Waals surface area (Å²) in [5, 5.41) is 6.97. The smallest absolute Gasteiger partial charge is 0.251 e. The average molecular weight is 438 g/mol. The summed E-state index contributed by atoms with van der Waals surface area (Å²) in [6, 6.07) is 13.6. The maximum atomic E-state index is 12.8. The molecule has 0 saturated carbocycles. The monoisotopic (exact) mass is 437 g/mol. The molecule has 0 spiro atoms. The Morgan fingerprint density at radius 1 is 1.09 bits per heavy atom. The van der Waals surface area contributed by atoms with Gasteiger partial charge in [0.15, 0.2) is 11.5 Å². The highest BCUT2D eigenvalue weighted by atomic mass is 16.5. The number of aryl methyl sites for hydroxylation is 3. The molecule has 7 nitrogen and oxygen atoms in total. The third kappa shape index (κ3) is 5.48. The Bertz CT molecular complexity index is 1040. The van der Waals surface area contributed by atoms with Gasteiger partial charge < -0.3 is 24.2 Å². The molecule has 0 aliphatic heterocycles. The molecule has 0 unspecified atom stereocenters. The van der Waals surface area contributed by atoms with E-state index < -0.39 is 0 Å². The van der Waals surface area contributed by atoms with E-state index in [9.17, 15) is 4.79 Å². The fourth-order valence-corrected chi connectivity index (χ4v) is 3.46. The van der Waals surface area contributed by atoms with Crippen molar-refractivity contribution >= 4 is 5.91 Å². The lowest BCUT2D eigenvalue weighted by Crippen LogP contribution is -2.34. The second kappa shape index (κ2) is 10.3. The molecule has 0 bridgehead atoms. The van der Waals surface area contributed by atoms with Crippen molar-refractivity contribution in [2.75, 3.05) is 27.7 Å². The maximum absolute atomic E-state index is 12.8. The molecule has 3 rings (SSSR count). The number of likely N-dealkylation sites (N-methyl/N-ethyl adjacent to an activating group) is 1. The predicted molar refractivity (Wildman–Crippen MR) is 123 cm³/mol. The number of amides is 1. The zero-order valence-corrected chi connectivity index (χ0v) is 19.6. The Kier molecular flexibility index (Phi) is 7.53. The van der Waals surface area contributed by atoms with Crippen molar-refractivity contribution in [3.8, 4) is 11.5 Å². The largest absolute Gasteiger partial charge is 0.493 e. The summed E-state index contributed by atoms with van der Waals surface area (Å²) < 4.78 is 16.5. The Hall–Kier alpha value is -3.32. The molecule has 170 valence electrons. The molecule has 0 aliphatic rings. The van der Waals surface area contributed by atoms with E-state index in [2.05, 4.69) is 46.6 Å². The van der Waals surface area contributed by atoms with E-state index in [4.69, 9.17) is 14.0 Å². The molecule has 7 heteroatoms. The lowest BCUT2D eigenvalue weighted by Gasteiger charge is -2.25. The van der Waals surface area contributed by atoms with Crippen molar-refractivity contribution in [2.24, 2.45) is 0 Å². The molecule has 0 aliphatic carbocycles. The Labute approximate surface area is 189 Å². The highest BCUT2D eigenvalue weighted by Crippen LogP contribution is 2.29. The molecule has 0 radical (unpaired) electrons. The van der Waals surface area contributed by atoms with Crippen molar-refractivity contribution < 1.29 is 18.8 Å². The van der Waals surface area contributed by atoms with Gasteiger partial charge in [-0.05, 0) is 58.6 Å². The summed E-state index contributed by atoms with van der Waals surface area (Å²) in [5.74, 6) is 1.60. The van der Waals surface area contributed by atoms with Gasteiger partial charge in [-0.2, -0.15) is 0 Å². The Morgan fingerprint density at radius 3 is 2.41 bits per heavy atom. The van der Waals surface area contributed by atoms with Gasteiger partial charge in [0.2, 0.25) is 0 Å². The summed E-state index contributed by atoms with van der Waals surface area (Å²) in [5.41, 5.74) is 4.56. The van der Waals surface area contributed by atoms with Crippen molar-refractivity contribution in [3.05, 3.63) is 76.2 Å². The Balaban J connectivity index is 1.67. The molecule has 0 saturated heterocycles. The molecule has 1 heterocycles. The summed E-state index contributed by atoms with van der Waals surface area (Å²) in [6.45, 7) is 6.58. The Morgan fingerprint density at radius 2 is 1.81 bits per heavy atom. The van der Waals surface area contributed by atoms with Crippen LogP contribution in [-0.2, 0) is 6.61 Å². The SMILES string of the molecule is COc1cc(C(=O)NC[C@@H](c2ccc(C)cc2)N(C)C)ccc1OCc1c(C)noc1C. The van der Waals surface area contributed by atoms with Crippen molar-refractivity contribution in [1.29, 1.82) is 0 Å². The number of rotatable bonds is 9. The van der Waals surface area contributed by atoms with Crippen LogP contribution in [0.15, 0.2) is 47.0 Å². The second-order valence-corrected chi connectivity index (χ2v) is 8.06. The summed E-state index contributed by atoms with van der Waals surface area (Å²) in [7, 11) is 5.56. The molecular formula is C25H31N3O4. The lowest BCUT2D eigenvalue weighted by atomic mass is 10.0. The fraction of sp³-hybridized carbons (Fsp3) is 0.360. The van der Waals surface area contributed by atoms with E-state index >= 15 is 0 Å². The lowest BCUT2D eigenvalue weighted by molar-refractivity contribution is 0.0941. The number of carbonyl (C=O) groups excluding carboxylic acids is 1. The van der Waals surface area contributed by atoms with Crippen molar-refractivity contribution in [1.82, 2.24) is 15.4 Å². The third-order valence-electron chi connectivity index (χ3n) is 5.52. The van der Waals surface area contributed by atoms with E-state index in [1.54, 1.807) is 25.3 Å². The third-order valence-corrected chi connectivity index (χ3v) is 5.52. The maximum Gasteiger partial charge on any atom is 0.251 e. The van der Waals surface area contributed by atoms with Gasteiger partial charge in [0.05, 0.1) is 24.4 Å². The topological polar surface area (TPSA) is 76.8 Å². The van der Waals surface area contributed by atoms with Crippen LogP contribution in [0.25, 0.3) is 0 Å². The van der Waals surface area contributed by atoms with Gasteiger partial charge in [0, 0.05) is 12.1 Å². The second-order valence-electron chi connectivity index (χ2n) is 8.06. The van der Waals surface area contributed by atoms with Crippen molar-refractivity contribution in [3.63, 3.8) is 0 Å². The first-order valence-corrected chi connectivity index (χ1v) is 10.5. The number of hydrogen-bond donors (Lipinski definition) is 1. The highest BCUT2D eigenvalue weighted by molar-refractivity contribution is 5.94. The first-order chi connectivity index (χ1) is 15.3. The van der Waals surface area contributed by atoms with Gasteiger partial charge in [-0.25, -0.2) is 0 Å². The van der Waals surface area contributed by atoms with Gasteiger partial charge >= 0.3 is 0 Å². The fourth-order valence-electron chi connectivity index (χ4n) is 3.46. The van der Waals surface area contributed by atoms with Gasteiger partial charge in [0.1, 0.15) is 12.4 Å². The van der Waals surface area contributed by atoms with Gasteiger partial charge in [-0.1, -0.05) is 35.0 Å². The summed E-state index contributed by atoms with van der Waals surface area (Å²) >= 11 is 0. The van der Waals surface area contributed by atoms with E-state index in [-0.39, 0.29) is 11.9 Å². The van der Waals surface area contributed by atoms with E-state index in [0.29, 0.717) is 30.2 Å². The van der Waals surface area contributed by atoms with Crippen LogP contribution in [0, 0.1) is 20.8 Å². The van der Waals surface area contributed by atoms with Crippen LogP contribution >= 0.6 is 0 Å². The normalized spacial score (nSPS) is 12.0. The predicted octanol–water partition coefficient (Wildman–Crippen LogP) is 4.22. The molecule has 1 amide bonds. The van der Waals surface area contributed by atoms with Crippen LogP contribution in [0.2, 0.25) is 0 Å². The molecule has 2 aromatic carbocycles. The first kappa shape index (κ1) is 23.3. The van der Waals surface area contributed by atoms with E-state index in [0.717, 1.165) is 22.6 Å². The van der Waals surface area contributed by atoms with E-state index in [1.807, 2.05) is 27.9 Å². The number of nitrogens with one attached hydrogen (secondary N) is 1. The van der Waals surface area contributed by atoms with Crippen LogP contribution in [0.4, 0.5) is 0 Å². The zero-order valence-electron chi connectivity index (χ0n) is 19.6. The summed E-state index contributed by atoms with van der Waals surface area (Å²) in [4.78, 5) is 14.9. The van der Waals surface area contributed by atoms with Gasteiger partial charge in [-0.3, -0.25) is 4.79 Å². The summed E-state index contributed by atoms with van der Waals surface area (Å²) in [6.07, 6.45) is 0. The molecule has 3 aromatic rings. The molecule has 1 N–H and O–H groups in total. The number of hydrogen-bond acceptors (Lipinski definition) is 6. The van der Waals surface area contributed by atoms with E-state index in [1.165, 1.54) is 5.56 Å². The van der Waals surface area contributed by atoms with Crippen LogP contribution < -0.4 is 14.8 Å². The minimum atomic E-state index is -0.167. The minimum absolute atomic E-state index is 0.0686. The molecule has 32 heavy (non-hydrogen) atoms. The highest BCUT2D eigenvalue weighted by Gasteiger charge is 2.18. The molecule has 1 atom stereocenters. The van der Waals surface area contributed by atoms with Crippen LogP contribution in [0.5, 0.6) is 11.5 Å². The molecule has 1 aromatic heterocycles. The number of methoxy groups -OCH3 is 1. The number of carbonyl (C=O) groups is 1. The van der Waals surface area contributed by atoms with Crippen LogP contribution in [-0.4, -0.2) is 43.7 Å². The van der Waals surface area contributed by atoms with Gasteiger partial charge in [0.25, 0.3) is 5.91 Å². The number of benzene rings is 2. The standard InChI is InChI=1S/C25H31N3O4/c1-16-7-9-19(10-8-16)22(28(4)5)14-26-25(29)20-11-12-23(24(13-20)30-6)31-15-21-17(2)27-32-18(21)3/h7-13,22H,14-15H2,1-6H3,(H,26,29)/t22-/m0/s1. The quantitative estimate of drug-likeness (QED) is 0.540. The zero-order chi connectivity index (χ0) is 23.3. The number of aromatic nitrogens is 1. The van der Waals surface area contributed by atoms with Crippen molar-refractivity contribution in [2.45, 2.75) is 33.4 Å². The molecule has 0 fully saturated rings. The first-order valence-electron chi connectivity index (χ1n) is 10.5. The number of nitrogens with zero attached hydrogens (tertiary/aromatic N) is 2. The van der Waals surface area contributed by atoms with Crippen LogP contribution in [0.3, 0.4) is 0 Å². The van der Waals surface area contributed by atoms with Gasteiger partial charge in [-0.15, -0.1) is 0 Å². The molecular weight excluding hydrogens is 406 g/mol.